The minimum atomic E-state index is -1.73. The number of hydrogen-bond acceptors (Lipinski definition) is 5. The van der Waals surface area contributed by atoms with Gasteiger partial charge in [0.25, 0.3) is 0 Å². The maximum atomic E-state index is 13.5. The molecule has 0 radical (unpaired) electrons. The molecule has 1 aliphatic carbocycles. The fourth-order valence-corrected chi connectivity index (χ4v) is 5.25. The van der Waals surface area contributed by atoms with E-state index in [-0.39, 0.29) is 22.0 Å². The molecule has 142 valence electrons. The van der Waals surface area contributed by atoms with Crippen molar-refractivity contribution in [1.82, 2.24) is 0 Å². The Bertz CT molecular complexity index is 1210. The van der Waals surface area contributed by atoms with Crippen LogP contribution >= 0.6 is 11.8 Å². The standard InChI is InChI=1S/C24H16O4S/c1-28-15-12-10-14(11-13-15)24(27)18-8-4-5-9-19(18)29-23-20(24)21(25)16-6-2-3-7-17(16)22(23)26/h2-13,27H,1H3. The van der Waals surface area contributed by atoms with Gasteiger partial charge >= 0.3 is 0 Å². The van der Waals surface area contributed by atoms with Crippen LogP contribution in [-0.2, 0) is 5.60 Å². The summed E-state index contributed by atoms with van der Waals surface area (Å²) >= 11 is 1.25. The van der Waals surface area contributed by atoms with E-state index in [2.05, 4.69) is 0 Å². The van der Waals surface area contributed by atoms with E-state index in [1.807, 2.05) is 18.2 Å². The third-order valence-electron chi connectivity index (χ3n) is 5.44. The second-order valence-corrected chi connectivity index (χ2v) is 8.00. The van der Waals surface area contributed by atoms with Crippen LogP contribution < -0.4 is 4.74 Å². The number of aliphatic hydroxyl groups is 1. The number of carbonyl (C=O) groups excluding carboxylic acids is 2. The van der Waals surface area contributed by atoms with E-state index < -0.39 is 5.60 Å². The Labute approximate surface area is 171 Å². The summed E-state index contributed by atoms with van der Waals surface area (Å²) in [5.41, 5.74) is 0.191. The van der Waals surface area contributed by atoms with E-state index in [0.29, 0.717) is 28.0 Å². The SMILES string of the molecule is COc1ccc(C2(O)C3=C(Sc4ccccc42)C(=O)c2ccccc2C3=O)cc1. The van der Waals surface area contributed by atoms with Crippen molar-refractivity contribution in [2.75, 3.05) is 7.11 Å². The van der Waals surface area contributed by atoms with Crippen LogP contribution in [0.3, 0.4) is 0 Å². The lowest BCUT2D eigenvalue weighted by Gasteiger charge is -2.39. The van der Waals surface area contributed by atoms with Crippen molar-refractivity contribution in [2.24, 2.45) is 0 Å². The Kier molecular flexibility index (Phi) is 3.98. The quantitative estimate of drug-likeness (QED) is 0.692. The van der Waals surface area contributed by atoms with Crippen molar-refractivity contribution in [1.29, 1.82) is 0 Å². The van der Waals surface area contributed by atoms with E-state index >= 15 is 0 Å². The highest BCUT2D eigenvalue weighted by atomic mass is 32.2. The Morgan fingerprint density at radius 3 is 2.14 bits per heavy atom. The molecule has 0 amide bonds. The molecule has 29 heavy (non-hydrogen) atoms. The van der Waals surface area contributed by atoms with Gasteiger partial charge in [0.2, 0.25) is 5.78 Å². The lowest BCUT2D eigenvalue weighted by Crippen LogP contribution is -2.40. The van der Waals surface area contributed by atoms with Crippen molar-refractivity contribution >= 4 is 23.3 Å². The summed E-state index contributed by atoms with van der Waals surface area (Å²) in [6.45, 7) is 0. The molecule has 0 fully saturated rings. The molecule has 1 N–H and O–H groups in total. The molecule has 3 aromatic carbocycles. The van der Waals surface area contributed by atoms with Gasteiger partial charge in [-0.2, -0.15) is 0 Å². The number of thioether (sulfide) groups is 1. The van der Waals surface area contributed by atoms with Crippen LogP contribution in [0.4, 0.5) is 0 Å². The highest BCUT2D eigenvalue weighted by Gasteiger charge is 2.50. The van der Waals surface area contributed by atoms with Gasteiger partial charge in [-0.05, 0) is 23.8 Å². The van der Waals surface area contributed by atoms with Gasteiger partial charge in [-0.1, -0.05) is 66.4 Å². The van der Waals surface area contributed by atoms with Gasteiger partial charge in [-0.15, -0.1) is 0 Å². The molecule has 1 unspecified atom stereocenters. The number of benzene rings is 3. The first kappa shape index (κ1) is 17.9. The first-order valence-electron chi connectivity index (χ1n) is 9.13. The largest absolute Gasteiger partial charge is 0.497 e. The molecule has 0 bridgehead atoms. The van der Waals surface area contributed by atoms with E-state index in [1.165, 1.54) is 11.8 Å². The predicted octanol–water partition coefficient (Wildman–Crippen LogP) is 4.37. The molecule has 0 spiro atoms. The maximum Gasteiger partial charge on any atom is 0.201 e. The van der Waals surface area contributed by atoms with Crippen LogP contribution in [0.2, 0.25) is 0 Å². The Balaban J connectivity index is 1.82. The van der Waals surface area contributed by atoms with Gasteiger partial charge in [-0.3, -0.25) is 9.59 Å². The molecule has 5 rings (SSSR count). The van der Waals surface area contributed by atoms with Crippen LogP contribution in [-0.4, -0.2) is 23.8 Å². The fraction of sp³-hybridized carbons (Fsp3) is 0.0833. The molecule has 2 aliphatic rings. The Morgan fingerprint density at radius 2 is 1.45 bits per heavy atom. The molecule has 3 aromatic rings. The van der Waals surface area contributed by atoms with Crippen molar-refractivity contribution in [3.63, 3.8) is 0 Å². The number of fused-ring (bicyclic) bond motifs is 2. The highest BCUT2D eigenvalue weighted by Crippen LogP contribution is 2.53. The topological polar surface area (TPSA) is 63.6 Å². The van der Waals surface area contributed by atoms with Gasteiger partial charge in [0, 0.05) is 21.6 Å². The van der Waals surface area contributed by atoms with Crippen molar-refractivity contribution in [2.45, 2.75) is 10.5 Å². The van der Waals surface area contributed by atoms with E-state index in [9.17, 15) is 14.7 Å². The summed E-state index contributed by atoms with van der Waals surface area (Å²) < 4.78 is 5.23. The first-order chi connectivity index (χ1) is 14.1. The van der Waals surface area contributed by atoms with Gasteiger partial charge in [-0.25, -0.2) is 0 Å². The van der Waals surface area contributed by atoms with Crippen molar-refractivity contribution in [3.05, 3.63) is 106 Å². The van der Waals surface area contributed by atoms with Gasteiger partial charge in [0.05, 0.1) is 17.6 Å². The van der Waals surface area contributed by atoms with Crippen LogP contribution in [0.5, 0.6) is 5.75 Å². The van der Waals surface area contributed by atoms with Crippen molar-refractivity contribution in [3.8, 4) is 5.75 Å². The molecular formula is C24H16O4S. The summed E-state index contributed by atoms with van der Waals surface area (Å²) in [5.74, 6) is 0.0820. The third-order valence-corrected chi connectivity index (χ3v) is 6.60. The summed E-state index contributed by atoms with van der Waals surface area (Å²) in [6, 6.07) is 21.0. The molecular weight excluding hydrogens is 384 g/mol. The average Bonchev–Trinajstić information content (AvgIpc) is 2.77. The first-order valence-corrected chi connectivity index (χ1v) is 9.95. The van der Waals surface area contributed by atoms with Crippen LogP contribution in [0.1, 0.15) is 31.8 Å². The molecule has 0 saturated heterocycles. The number of methoxy groups -OCH3 is 1. The number of ketones is 2. The molecule has 5 heteroatoms. The van der Waals surface area contributed by atoms with E-state index in [1.54, 1.807) is 61.7 Å². The van der Waals surface area contributed by atoms with Crippen LogP contribution in [0.25, 0.3) is 0 Å². The number of allylic oxidation sites excluding steroid dienone is 1. The number of rotatable bonds is 2. The third kappa shape index (κ3) is 2.44. The summed E-state index contributed by atoms with van der Waals surface area (Å²) in [5, 5.41) is 12.1. The molecule has 0 aromatic heterocycles. The molecule has 1 atom stereocenters. The Morgan fingerprint density at radius 1 is 0.828 bits per heavy atom. The number of carbonyl (C=O) groups is 2. The molecule has 1 aliphatic heterocycles. The summed E-state index contributed by atoms with van der Waals surface area (Å²) in [4.78, 5) is 27.8. The minimum absolute atomic E-state index is 0.120. The van der Waals surface area contributed by atoms with Crippen LogP contribution in [0.15, 0.2) is 88.2 Å². The fourth-order valence-electron chi connectivity index (χ4n) is 4.01. The van der Waals surface area contributed by atoms with Gasteiger partial charge < -0.3 is 9.84 Å². The molecule has 4 nitrogen and oxygen atoms in total. The Hall–Kier alpha value is -3.15. The number of hydrogen-bond donors (Lipinski definition) is 1. The van der Waals surface area contributed by atoms with E-state index in [4.69, 9.17) is 4.74 Å². The number of Topliss-reactive ketones (excluding diaryl/α,β-unsaturated/α-hetero) is 2. The lowest BCUT2D eigenvalue weighted by molar-refractivity contribution is 0.0821. The van der Waals surface area contributed by atoms with Crippen LogP contribution in [0, 0.1) is 0 Å². The van der Waals surface area contributed by atoms with Gasteiger partial charge in [0.15, 0.2) is 5.78 Å². The molecule has 0 saturated carbocycles. The highest BCUT2D eigenvalue weighted by molar-refractivity contribution is 8.04. The summed E-state index contributed by atoms with van der Waals surface area (Å²) in [7, 11) is 1.57. The summed E-state index contributed by atoms with van der Waals surface area (Å²) in [6.07, 6.45) is 0. The zero-order valence-electron chi connectivity index (χ0n) is 15.5. The predicted molar refractivity (Wildman–Crippen MR) is 110 cm³/mol. The van der Waals surface area contributed by atoms with Crippen molar-refractivity contribution < 1.29 is 19.4 Å². The zero-order valence-corrected chi connectivity index (χ0v) is 16.3. The van der Waals surface area contributed by atoms with Gasteiger partial charge in [0.1, 0.15) is 11.4 Å². The van der Waals surface area contributed by atoms with E-state index in [0.717, 1.165) is 4.90 Å². The average molecular weight is 400 g/mol. The second kappa shape index (κ2) is 6.44. The maximum absolute atomic E-state index is 13.5. The zero-order chi connectivity index (χ0) is 20.2. The lowest BCUT2D eigenvalue weighted by atomic mass is 9.73. The molecule has 1 heterocycles. The smallest absolute Gasteiger partial charge is 0.201 e. The monoisotopic (exact) mass is 400 g/mol. The normalized spacial score (nSPS) is 20.1. The number of ether oxygens (including phenoxy) is 1. The second-order valence-electron chi connectivity index (χ2n) is 6.95. The minimum Gasteiger partial charge on any atom is -0.497 e.